The highest BCUT2D eigenvalue weighted by Crippen LogP contribution is 2.27. The zero-order chi connectivity index (χ0) is 10.2. The number of rotatable bonds is 2. The van der Waals surface area contributed by atoms with Gasteiger partial charge in [0, 0.05) is 0 Å². The molecule has 2 heteroatoms. The van der Waals surface area contributed by atoms with Crippen LogP contribution in [0.15, 0.2) is 18.2 Å². The highest BCUT2D eigenvalue weighted by Gasteiger charge is 2.40. The van der Waals surface area contributed by atoms with Crippen molar-refractivity contribution >= 4 is 13.5 Å². The van der Waals surface area contributed by atoms with E-state index in [0.29, 0.717) is 0 Å². The van der Waals surface area contributed by atoms with Crippen molar-refractivity contribution in [2.24, 2.45) is 0 Å². The second kappa shape index (κ2) is 3.52. The summed E-state index contributed by atoms with van der Waals surface area (Å²) in [4.78, 5) is 0. The minimum absolute atomic E-state index is 0.857. The summed E-state index contributed by atoms with van der Waals surface area (Å²) in [7, 11) is -1.53. The highest BCUT2D eigenvalue weighted by molar-refractivity contribution is 6.87. The van der Waals surface area contributed by atoms with Crippen molar-refractivity contribution < 1.29 is 4.43 Å². The van der Waals surface area contributed by atoms with Gasteiger partial charge in [0.1, 0.15) is 0 Å². The standard InChI is InChI=1S/C12H18OSi/c1-4-14(5-2)12-8-6-7-10(3)11(12)9-13-14/h6-8H,4-5,9H2,1-3H3. The van der Waals surface area contributed by atoms with E-state index in [1.807, 2.05) is 0 Å². The molecular formula is C12H18OSi. The first kappa shape index (κ1) is 9.93. The van der Waals surface area contributed by atoms with Crippen molar-refractivity contribution in [1.82, 2.24) is 0 Å². The largest absolute Gasteiger partial charge is 0.408 e. The third kappa shape index (κ3) is 1.25. The van der Waals surface area contributed by atoms with Gasteiger partial charge < -0.3 is 4.43 Å². The molecule has 1 nitrogen and oxygen atoms in total. The summed E-state index contributed by atoms with van der Waals surface area (Å²) in [5, 5.41) is 1.56. The van der Waals surface area contributed by atoms with Gasteiger partial charge >= 0.3 is 0 Å². The van der Waals surface area contributed by atoms with E-state index in [2.05, 4.69) is 39.0 Å². The third-order valence-corrected chi connectivity index (χ3v) is 7.97. The predicted octanol–water partition coefficient (Wildman–Crippen LogP) is 2.72. The Morgan fingerprint density at radius 2 is 2.00 bits per heavy atom. The van der Waals surface area contributed by atoms with E-state index in [1.54, 1.807) is 5.19 Å². The predicted molar refractivity (Wildman–Crippen MR) is 62.3 cm³/mol. The quantitative estimate of drug-likeness (QED) is 0.676. The molecule has 0 fully saturated rings. The van der Waals surface area contributed by atoms with Crippen molar-refractivity contribution in [2.45, 2.75) is 39.5 Å². The maximum Gasteiger partial charge on any atom is 0.224 e. The second-order valence-electron chi connectivity index (χ2n) is 4.09. The zero-order valence-corrected chi connectivity index (χ0v) is 10.3. The van der Waals surface area contributed by atoms with Gasteiger partial charge in [-0.25, -0.2) is 0 Å². The summed E-state index contributed by atoms with van der Waals surface area (Å²) in [5.74, 6) is 0. The van der Waals surface area contributed by atoms with Crippen LogP contribution < -0.4 is 5.19 Å². The van der Waals surface area contributed by atoms with Crippen LogP contribution in [-0.2, 0) is 11.0 Å². The van der Waals surface area contributed by atoms with Gasteiger partial charge in [-0.2, -0.15) is 0 Å². The van der Waals surface area contributed by atoms with Gasteiger partial charge in [-0.05, 0) is 35.3 Å². The molecule has 1 aromatic rings. The van der Waals surface area contributed by atoms with Crippen LogP contribution in [0.5, 0.6) is 0 Å². The fraction of sp³-hybridized carbons (Fsp3) is 0.500. The molecule has 1 aromatic carbocycles. The Kier molecular flexibility index (Phi) is 2.50. The number of hydrogen-bond acceptors (Lipinski definition) is 1. The summed E-state index contributed by atoms with van der Waals surface area (Å²) in [6.45, 7) is 7.59. The highest BCUT2D eigenvalue weighted by atomic mass is 28.4. The molecular weight excluding hydrogens is 188 g/mol. The normalized spacial score (nSPS) is 18.2. The van der Waals surface area contributed by atoms with Crippen LogP contribution in [0.1, 0.15) is 25.0 Å². The third-order valence-electron chi connectivity index (χ3n) is 3.54. The molecule has 1 heterocycles. The summed E-state index contributed by atoms with van der Waals surface area (Å²) in [6.07, 6.45) is 0. The lowest BCUT2D eigenvalue weighted by molar-refractivity contribution is 0.312. The molecule has 2 rings (SSSR count). The fourth-order valence-electron chi connectivity index (χ4n) is 2.44. The maximum absolute atomic E-state index is 6.13. The van der Waals surface area contributed by atoms with Crippen molar-refractivity contribution in [3.63, 3.8) is 0 Å². The van der Waals surface area contributed by atoms with Crippen molar-refractivity contribution in [2.75, 3.05) is 0 Å². The van der Waals surface area contributed by atoms with Gasteiger partial charge in [0.15, 0.2) is 0 Å². The Morgan fingerprint density at radius 1 is 1.29 bits per heavy atom. The van der Waals surface area contributed by atoms with Crippen LogP contribution in [0, 0.1) is 6.92 Å². The average Bonchev–Trinajstić information content (AvgIpc) is 2.59. The van der Waals surface area contributed by atoms with E-state index in [9.17, 15) is 0 Å². The molecule has 0 N–H and O–H groups in total. The molecule has 0 saturated carbocycles. The van der Waals surface area contributed by atoms with Crippen LogP contribution in [0.25, 0.3) is 0 Å². The van der Waals surface area contributed by atoms with Crippen molar-refractivity contribution in [1.29, 1.82) is 0 Å². The molecule has 0 bridgehead atoms. The first-order valence-electron chi connectivity index (χ1n) is 5.46. The fourth-order valence-corrected chi connectivity index (χ4v) is 5.91. The first-order valence-corrected chi connectivity index (χ1v) is 7.78. The number of benzene rings is 1. The van der Waals surface area contributed by atoms with E-state index in [4.69, 9.17) is 4.43 Å². The number of fused-ring (bicyclic) bond motifs is 1. The monoisotopic (exact) mass is 206 g/mol. The maximum atomic E-state index is 6.13. The van der Waals surface area contributed by atoms with Gasteiger partial charge in [0.25, 0.3) is 0 Å². The Labute approximate surface area is 87.2 Å². The van der Waals surface area contributed by atoms with Gasteiger partial charge in [-0.1, -0.05) is 32.0 Å². The summed E-state index contributed by atoms with van der Waals surface area (Å²) in [5.41, 5.74) is 2.88. The Morgan fingerprint density at radius 3 is 2.64 bits per heavy atom. The molecule has 14 heavy (non-hydrogen) atoms. The summed E-state index contributed by atoms with van der Waals surface area (Å²) in [6, 6.07) is 9.07. The molecule has 0 unspecified atom stereocenters. The number of hydrogen-bond donors (Lipinski definition) is 0. The van der Waals surface area contributed by atoms with Gasteiger partial charge in [-0.3, -0.25) is 0 Å². The lowest BCUT2D eigenvalue weighted by Gasteiger charge is -2.23. The van der Waals surface area contributed by atoms with Gasteiger partial charge in [0.05, 0.1) is 6.61 Å². The molecule has 0 atom stereocenters. The van der Waals surface area contributed by atoms with Crippen LogP contribution in [0.2, 0.25) is 12.1 Å². The van der Waals surface area contributed by atoms with Crippen LogP contribution in [0.3, 0.4) is 0 Å². The SMILES string of the molecule is CC[Si]1(CC)OCc2c(C)cccc21. The Bertz CT molecular complexity index is 342. The summed E-state index contributed by atoms with van der Waals surface area (Å²) >= 11 is 0. The first-order chi connectivity index (χ1) is 6.73. The van der Waals surface area contributed by atoms with Crippen LogP contribution in [-0.4, -0.2) is 8.32 Å². The van der Waals surface area contributed by atoms with E-state index in [0.717, 1.165) is 6.61 Å². The molecule has 1 aliphatic heterocycles. The van der Waals surface area contributed by atoms with Crippen LogP contribution in [0.4, 0.5) is 0 Å². The lowest BCUT2D eigenvalue weighted by atomic mass is 10.1. The van der Waals surface area contributed by atoms with Gasteiger partial charge in [-0.15, -0.1) is 0 Å². The molecule has 76 valence electrons. The zero-order valence-electron chi connectivity index (χ0n) is 9.26. The molecule has 0 spiro atoms. The van der Waals surface area contributed by atoms with Crippen LogP contribution >= 0.6 is 0 Å². The van der Waals surface area contributed by atoms with E-state index in [1.165, 1.54) is 23.2 Å². The van der Waals surface area contributed by atoms with Crippen molar-refractivity contribution in [3.05, 3.63) is 29.3 Å². The van der Waals surface area contributed by atoms with Gasteiger partial charge in [0.2, 0.25) is 8.32 Å². The summed E-state index contributed by atoms with van der Waals surface area (Å²) < 4.78 is 6.13. The number of aryl methyl sites for hydroxylation is 1. The molecule has 0 amide bonds. The minimum Gasteiger partial charge on any atom is -0.408 e. The Hall–Kier alpha value is -0.603. The topological polar surface area (TPSA) is 9.23 Å². The molecule has 0 saturated heterocycles. The van der Waals surface area contributed by atoms with E-state index >= 15 is 0 Å². The van der Waals surface area contributed by atoms with E-state index in [-0.39, 0.29) is 0 Å². The second-order valence-corrected chi connectivity index (χ2v) is 8.32. The molecule has 0 aromatic heterocycles. The lowest BCUT2D eigenvalue weighted by Crippen LogP contribution is -2.45. The molecule has 0 radical (unpaired) electrons. The minimum atomic E-state index is -1.53. The van der Waals surface area contributed by atoms with E-state index < -0.39 is 8.32 Å². The van der Waals surface area contributed by atoms with Crippen molar-refractivity contribution in [3.8, 4) is 0 Å². The average molecular weight is 206 g/mol. The Balaban J connectivity index is 2.53. The molecule has 0 aliphatic carbocycles. The smallest absolute Gasteiger partial charge is 0.224 e. The molecule has 1 aliphatic rings.